The molecule has 0 aliphatic rings. The first-order valence-corrected chi connectivity index (χ1v) is 6.88. The quantitative estimate of drug-likeness (QED) is 0.927. The van der Waals surface area contributed by atoms with Crippen LogP contribution in [-0.2, 0) is 0 Å². The summed E-state index contributed by atoms with van der Waals surface area (Å²) < 4.78 is 5.13. The highest BCUT2D eigenvalue weighted by molar-refractivity contribution is 7.10. The summed E-state index contributed by atoms with van der Waals surface area (Å²) in [6, 6.07) is 5.88. The molecule has 1 heterocycles. The molecule has 96 valence electrons. The Morgan fingerprint density at radius 3 is 2.83 bits per heavy atom. The Hall–Kier alpha value is -1.10. The minimum atomic E-state index is 0.251. The summed E-state index contributed by atoms with van der Waals surface area (Å²) >= 11 is 7.87. The molecule has 5 heteroatoms. The fraction of sp³-hybridized carbons (Fsp3) is 0.308. The van der Waals surface area contributed by atoms with Crippen LogP contribution in [0.2, 0.25) is 5.02 Å². The zero-order chi connectivity index (χ0) is 13.1. The average molecular weight is 283 g/mol. The van der Waals surface area contributed by atoms with E-state index < -0.39 is 0 Å². The van der Waals surface area contributed by atoms with Crippen LogP contribution in [0.15, 0.2) is 23.6 Å². The summed E-state index contributed by atoms with van der Waals surface area (Å²) in [6.45, 7) is 2.08. The number of methoxy groups -OCH3 is 1. The molecule has 0 amide bonds. The Bertz CT molecular complexity index is 542. The van der Waals surface area contributed by atoms with Crippen LogP contribution in [0, 0.1) is 0 Å². The van der Waals surface area contributed by atoms with Gasteiger partial charge in [0.25, 0.3) is 0 Å². The van der Waals surface area contributed by atoms with Gasteiger partial charge in [0.15, 0.2) is 0 Å². The monoisotopic (exact) mass is 282 g/mol. The molecule has 0 aliphatic carbocycles. The number of nitrogens with one attached hydrogen (secondary N) is 1. The SMILES string of the molecule is CNC(C)c1nc(-c2ccc(OC)cc2Cl)cs1. The van der Waals surface area contributed by atoms with Crippen molar-refractivity contribution >= 4 is 22.9 Å². The van der Waals surface area contributed by atoms with Crippen LogP contribution >= 0.6 is 22.9 Å². The van der Waals surface area contributed by atoms with Gasteiger partial charge in [-0.1, -0.05) is 11.6 Å². The molecule has 1 unspecified atom stereocenters. The molecule has 1 N–H and O–H groups in total. The number of ether oxygens (including phenoxy) is 1. The molecule has 0 saturated carbocycles. The molecule has 2 aromatic rings. The fourth-order valence-electron chi connectivity index (χ4n) is 1.56. The Morgan fingerprint density at radius 2 is 2.22 bits per heavy atom. The van der Waals surface area contributed by atoms with Crippen molar-refractivity contribution in [3.8, 4) is 17.0 Å². The number of benzene rings is 1. The van der Waals surface area contributed by atoms with E-state index >= 15 is 0 Å². The summed E-state index contributed by atoms with van der Waals surface area (Å²) in [4.78, 5) is 4.60. The highest BCUT2D eigenvalue weighted by atomic mass is 35.5. The van der Waals surface area contributed by atoms with Crippen LogP contribution in [0.25, 0.3) is 11.3 Å². The van der Waals surface area contributed by atoms with E-state index in [4.69, 9.17) is 16.3 Å². The second-order valence-electron chi connectivity index (χ2n) is 3.93. The average Bonchev–Trinajstić information content (AvgIpc) is 2.87. The first-order chi connectivity index (χ1) is 8.65. The number of halogens is 1. The van der Waals surface area contributed by atoms with E-state index in [1.165, 1.54) is 0 Å². The third-order valence-corrected chi connectivity index (χ3v) is 4.12. The molecule has 2 rings (SSSR count). The fourth-order valence-corrected chi connectivity index (χ4v) is 2.72. The third kappa shape index (κ3) is 2.66. The summed E-state index contributed by atoms with van der Waals surface area (Å²) in [5.74, 6) is 0.753. The molecule has 0 aliphatic heterocycles. The van der Waals surface area contributed by atoms with E-state index in [2.05, 4.69) is 17.2 Å². The number of thiazole rings is 1. The van der Waals surface area contributed by atoms with Crippen molar-refractivity contribution in [1.82, 2.24) is 10.3 Å². The van der Waals surface area contributed by atoms with Crippen LogP contribution in [-0.4, -0.2) is 19.1 Å². The number of nitrogens with zero attached hydrogens (tertiary/aromatic N) is 1. The van der Waals surface area contributed by atoms with Gasteiger partial charge in [-0.25, -0.2) is 4.98 Å². The molecule has 0 radical (unpaired) electrons. The second-order valence-corrected chi connectivity index (χ2v) is 5.22. The van der Waals surface area contributed by atoms with Crippen molar-refractivity contribution in [3.63, 3.8) is 0 Å². The lowest BCUT2D eigenvalue weighted by Gasteiger charge is -2.06. The van der Waals surface area contributed by atoms with Crippen LogP contribution in [0.1, 0.15) is 18.0 Å². The van der Waals surface area contributed by atoms with Crippen molar-refractivity contribution in [2.45, 2.75) is 13.0 Å². The number of aromatic nitrogens is 1. The first kappa shape index (κ1) is 13.3. The van der Waals surface area contributed by atoms with Gasteiger partial charge < -0.3 is 10.1 Å². The zero-order valence-corrected chi connectivity index (χ0v) is 12.1. The van der Waals surface area contributed by atoms with Gasteiger partial charge in [0, 0.05) is 10.9 Å². The lowest BCUT2D eigenvalue weighted by atomic mass is 10.1. The Labute approximate surface area is 116 Å². The van der Waals surface area contributed by atoms with Crippen molar-refractivity contribution in [1.29, 1.82) is 0 Å². The molecule has 0 bridgehead atoms. The summed E-state index contributed by atoms with van der Waals surface area (Å²) in [5.41, 5.74) is 1.84. The summed E-state index contributed by atoms with van der Waals surface area (Å²) in [6.07, 6.45) is 0. The van der Waals surface area contributed by atoms with E-state index in [9.17, 15) is 0 Å². The van der Waals surface area contributed by atoms with Gasteiger partial charge in [-0.05, 0) is 32.2 Å². The second kappa shape index (κ2) is 5.69. The molecule has 1 aromatic heterocycles. The predicted octanol–water partition coefficient (Wildman–Crippen LogP) is 3.75. The van der Waals surface area contributed by atoms with Crippen LogP contribution in [0.5, 0.6) is 5.75 Å². The van der Waals surface area contributed by atoms with Gasteiger partial charge in [0.1, 0.15) is 10.8 Å². The van der Waals surface area contributed by atoms with E-state index in [-0.39, 0.29) is 6.04 Å². The predicted molar refractivity (Wildman–Crippen MR) is 76.6 cm³/mol. The summed E-state index contributed by atoms with van der Waals surface area (Å²) in [5, 5.41) is 6.91. The van der Waals surface area contributed by atoms with Crippen LogP contribution < -0.4 is 10.1 Å². The van der Waals surface area contributed by atoms with Crippen molar-refractivity contribution in [2.75, 3.05) is 14.2 Å². The Kier molecular flexibility index (Phi) is 4.22. The van der Waals surface area contributed by atoms with Gasteiger partial charge in [-0.3, -0.25) is 0 Å². The molecule has 1 aromatic carbocycles. The highest BCUT2D eigenvalue weighted by Gasteiger charge is 2.12. The Balaban J connectivity index is 2.34. The standard InChI is InChI=1S/C13H15ClN2OS/c1-8(15-2)13-16-12(7-18-13)10-5-4-9(17-3)6-11(10)14/h4-8,15H,1-3H3. The topological polar surface area (TPSA) is 34.2 Å². The molecular formula is C13H15ClN2OS. The molecule has 0 saturated heterocycles. The largest absolute Gasteiger partial charge is 0.497 e. The lowest BCUT2D eigenvalue weighted by molar-refractivity contribution is 0.415. The maximum Gasteiger partial charge on any atom is 0.120 e. The van der Waals surface area contributed by atoms with E-state index in [1.54, 1.807) is 24.5 Å². The van der Waals surface area contributed by atoms with Crippen LogP contribution in [0.4, 0.5) is 0 Å². The highest BCUT2D eigenvalue weighted by Crippen LogP contribution is 2.32. The minimum absolute atomic E-state index is 0.251. The maximum atomic E-state index is 6.23. The molecular weight excluding hydrogens is 268 g/mol. The van der Waals surface area contributed by atoms with E-state index in [1.807, 2.05) is 24.6 Å². The molecule has 1 atom stereocenters. The third-order valence-electron chi connectivity index (χ3n) is 2.78. The van der Waals surface area contributed by atoms with Gasteiger partial charge in [0.2, 0.25) is 0 Å². The maximum absolute atomic E-state index is 6.23. The smallest absolute Gasteiger partial charge is 0.120 e. The summed E-state index contributed by atoms with van der Waals surface area (Å²) in [7, 11) is 3.55. The van der Waals surface area contributed by atoms with Crippen LogP contribution in [0.3, 0.4) is 0 Å². The normalized spacial score (nSPS) is 12.4. The first-order valence-electron chi connectivity index (χ1n) is 5.62. The number of rotatable bonds is 4. The van der Waals surface area contributed by atoms with Gasteiger partial charge in [-0.15, -0.1) is 11.3 Å². The number of hydrogen-bond acceptors (Lipinski definition) is 4. The minimum Gasteiger partial charge on any atom is -0.497 e. The van der Waals surface area contributed by atoms with E-state index in [0.717, 1.165) is 22.0 Å². The van der Waals surface area contributed by atoms with Crippen molar-refractivity contribution < 1.29 is 4.74 Å². The van der Waals surface area contributed by atoms with E-state index in [0.29, 0.717) is 5.02 Å². The van der Waals surface area contributed by atoms with Gasteiger partial charge >= 0.3 is 0 Å². The van der Waals surface area contributed by atoms with Gasteiger partial charge in [0.05, 0.1) is 23.9 Å². The lowest BCUT2D eigenvalue weighted by Crippen LogP contribution is -2.11. The number of hydrogen-bond donors (Lipinski definition) is 1. The molecule has 18 heavy (non-hydrogen) atoms. The zero-order valence-electron chi connectivity index (χ0n) is 10.5. The van der Waals surface area contributed by atoms with Crippen molar-refractivity contribution in [3.05, 3.63) is 33.6 Å². The molecule has 0 spiro atoms. The Morgan fingerprint density at radius 1 is 1.44 bits per heavy atom. The molecule has 3 nitrogen and oxygen atoms in total. The van der Waals surface area contributed by atoms with Gasteiger partial charge in [-0.2, -0.15) is 0 Å². The molecule has 0 fully saturated rings. The van der Waals surface area contributed by atoms with Crippen molar-refractivity contribution in [2.24, 2.45) is 0 Å².